The summed E-state index contributed by atoms with van der Waals surface area (Å²) in [7, 11) is 0. The van der Waals surface area contributed by atoms with E-state index in [-0.39, 0.29) is 24.8 Å². The Morgan fingerprint density at radius 2 is 1.93 bits per heavy atom. The highest BCUT2D eigenvalue weighted by Crippen LogP contribution is 2.33. The number of amides is 2. The van der Waals surface area contributed by atoms with E-state index in [9.17, 15) is 14.0 Å². The number of carbonyl (C=O) groups excluding carboxylic acids is 2. The Morgan fingerprint density at radius 1 is 1.22 bits per heavy atom. The van der Waals surface area contributed by atoms with Gasteiger partial charge in [0.2, 0.25) is 5.91 Å². The van der Waals surface area contributed by atoms with E-state index >= 15 is 0 Å². The Morgan fingerprint density at radius 3 is 2.63 bits per heavy atom. The molecule has 0 spiro atoms. The first-order valence-corrected chi connectivity index (χ1v) is 10.3. The number of nitrogens with zero attached hydrogens (tertiary/aromatic N) is 1. The van der Waals surface area contributed by atoms with Gasteiger partial charge in [-0.2, -0.15) is 0 Å². The second kappa shape index (κ2) is 8.94. The average Bonchev–Trinajstić information content (AvgIpc) is 2.90. The molecule has 1 fully saturated rings. The van der Waals surface area contributed by atoms with Gasteiger partial charge >= 0.3 is 0 Å². The van der Waals surface area contributed by atoms with Crippen LogP contribution in [0.15, 0.2) is 53.4 Å². The van der Waals surface area contributed by atoms with Crippen LogP contribution >= 0.6 is 46.6 Å². The van der Waals surface area contributed by atoms with Crippen molar-refractivity contribution in [3.05, 3.63) is 68.4 Å². The Bertz CT molecular complexity index is 932. The van der Waals surface area contributed by atoms with E-state index in [0.717, 1.165) is 15.3 Å². The number of thioether (sulfide) groups is 1. The number of halogens is 2. The van der Waals surface area contributed by atoms with Gasteiger partial charge in [-0.3, -0.25) is 14.5 Å². The number of anilines is 1. The maximum absolute atomic E-state index is 13.8. The average molecular weight is 512 g/mol. The van der Waals surface area contributed by atoms with Gasteiger partial charge in [-0.05, 0) is 59.0 Å². The van der Waals surface area contributed by atoms with Crippen LogP contribution in [0.2, 0.25) is 0 Å². The van der Waals surface area contributed by atoms with Gasteiger partial charge in [0.15, 0.2) is 0 Å². The van der Waals surface area contributed by atoms with Gasteiger partial charge in [-0.15, -0.1) is 0 Å². The molecule has 8 heteroatoms. The summed E-state index contributed by atoms with van der Waals surface area (Å²) in [5.74, 6) is -0.918. The van der Waals surface area contributed by atoms with Crippen LogP contribution in [0.25, 0.3) is 6.08 Å². The molecule has 0 saturated carbocycles. The largest absolute Gasteiger partial charge is 0.326 e. The maximum atomic E-state index is 13.8. The molecule has 3 rings (SSSR count). The molecule has 2 aromatic rings. The minimum Gasteiger partial charge on any atom is -0.326 e. The summed E-state index contributed by atoms with van der Waals surface area (Å²) in [6.07, 6.45) is 1.60. The van der Waals surface area contributed by atoms with Crippen LogP contribution in [-0.4, -0.2) is 27.6 Å². The van der Waals surface area contributed by atoms with Crippen LogP contribution in [0.4, 0.5) is 10.1 Å². The zero-order valence-electron chi connectivity index (χ0n) is 13.9. The summed E-state index contributed by atoms with van der Waals surface area (Å²) in [5.41, 5.74) is 1.03. The summed E-state index contributed by atoms with van der Waals surface area (Å²) in [6.45, 7) is 0.176. The van der Waals surface area contributed by atoms with Crippen LogP contribution in [0, 0.1) is 9.39 Å². The lowest BCUT2D eigenvalue weighted by Gasteiger charge is -2.14. The molecule has 138 valence electrons. The predicted octanol–water partition coefficient (Wildman–Crippen LogP) is 4.66. The quantitative estimate of drug-likeness (QED) is 0.360. The SMILES string of the molecule is O=C(CCN1C(=O)C(=Cc2ccccc2F)SC1=S)Nc1ccc(I)cc1. The van der Waals surface area contributed by atoms with Crippen molar-refractivity contribution < 1.29 is 14.0 Å². The highest BCUT2D eigenvalue weighted by Gasteiger charge is 2.32. The molecule has 0 unspecified atom stereocenters. The molecular formula is C19H14FIN2O2S2. The molecule has 2 amide bonds. The monoisotopic (exact) mass is 512 g/mol. The Balaban J connectivity index is 1.61. The topological polar surface area (TPSA) is 49.4 Å². The second-order valence-electron chi connectivity index (χ2n) is 5.66. The fourth-order valence-electron chi connectivity index (χ4n) is 2.40. The van der Waals surface area contributed by atoms with Gasteiger partial charge in [-0.25, -0.2) is 4.39 Å². The van der Waals surface area contributed by atoms with Crippen molar-refractivity contribution in [1.29, 1.82) is 0 Å². The Labute approximate surface area is 179 Å². The molecule has 1 heterocycles. The molecule has 1 N–H and O–H groups in total. The van der Waals surface area contributed by atoms with Crippen molar-refractivity contribution >= 4 is 74.5 Å². The zero-order chi connectivity index (χ0) is 19.4. The third kappa shape index (κ3) is 5.14. The van der Waals surface area contributed by atoms with Crippen molar-refractivity contribution in [3.8, 4) is 0 Å². The molecule has 4 nitrogen and oxygen atoms in total. The van der Waals surface area contributed by atoms with Crippen LogP contribution in [0.3, 0.4) is 0 Å². The molecule has 2 aromatic carbocycles. The van der Waals surface area contributed by atoms with Gasteiger partial charge in [-0.1, -0.05) is 42.2 Å². The summed E-state index contributed by atoms with van der Waals surface area (Å²) in [5, 5.41) is 2.79. The van der Waals surface area contributed by atoms with Crippen LogP contribution in [0.5, 0.6) is 0 Å². The molecule has 0 aliphatic carbocycles. The number of nitrogens with one attached hydrogen (secondary N) is 1. The normalized spacial score (nSPS) is 15.5. The number of benzene rings is 2. The van der Waals surface area contributed by atoms with Crippen LogP contribution < -0.4 is 5.32 Å². The van der Waals surface area contributed by atoms with Crippen molar-refractivity contribution in [2.45, 2.75) is 6.42 Å². The van der Waals surface area contributed by atoms with Crippen molar-refractivity contribution in [2.24, 2.45) is 0 Å². The van der Waals surface area contributed by atoms with E-state index in [1.54, 1.807) is 18.2 Å². The first-order chi connectivity index (χ1) is 12.9. The molecule has 0 radical (unpaired) electrons. The van der Waals surface area contributed by atoms with Gasteiger partial charge in [0.25, 0.3) is 5.91 Å². The number of rotatable bonds is 5. The number of thiocarbonyl (C=S) groups is 1. The maximum Gasteiger partial charge on any atom is 0.266 e. The van der Waals surface area contributed by atoms with E-state index < -0.39 is 5.82 Å². The third-order valence-electron chi connectivity index (χ3n) is 3.76. The lowest BCUT2D eigenvalue weighted by atomic mass is 10.2. The van der Waals surface area contributed by atoms with Crippen LogP contribution in [0.1, 0.15) is 12.0 Å². The van der Waals surface area contributed by atoms with Crippen LogP contribution in [-0.2, 0) is 9.59 Å². The first kappa shape index (κ1) is 20.0. The third-order valence-corrected chi connectivity index (χ3v) is 5.85. The molecule has 0 atom stereocenters. The number of hydrogen-bond acceptors (Lipinski definition) is 4. The first-order valence-electron chi connectivity index (χ1n) is 7.99. The van der Waals surface area contributed by atoms with E-state index in [1.165, 1.54) is 17.0 Å². The second-order valence-corrected chi connectivity index (χ2v) is 8.58. The zero-order valence-corrected chi connectivity index (χ0v) is 17.7. The summed E-state index contributed by atoms with van der Waals surface area (Å²) in [6, 6.07) is 13.6. The van der Waals surface area contributed by atoms with E-state index in [2.05, 4.69) is 27.9 Å². The van der Waals surface area contributed by atoms with Gasteiger partial charge in [0.05, 0.1) is 4.91 Å². The highest BCUT2D eigenvalue weighted by molar-refractivity contribution is 14.1. The van der Waals surface area contributed by atoms with Gasteiger partial charge in [0.1, 0.15) is 10.1 Å². The van der Waals surface area contributed by atoms with Crippen molar-refractivity contribution in [1.82, 2.24) is 4.90 Å². The molecule has 27 heavy (non-hydrogen) atoms. The molecule has 1 aliphatic rings. The summed E-state index contributed by atoms with van der Waals surface area (Å²) < 4.78 is 15.2. The molecule has 1 saturated heterocycles. The summed E-state index contributed by atoms with van der Waals surface area (Å²) >= 11 is 8.54. The smallest absolute Gasteiger partial charge is 0.266 e. The standard InChI is InChI=1S/C19H14FIN2O2S2/c20-15-4-2-1-3-12(15)11-16-18(25)23(19(26)27-16)10-9-17(24)22-14-7-5-13(21)6-8-14/h1-8,11H,9-10H2,(H,22,24). The van der Waals surface area contributed by atoms with E-state index in [1.807, 2.05) is 24.3 Å². The Hall–Kier alpha value is -1.78. The lowest BCUT2D eigenvalue weighted by molar-refractivity contribution is -0.122. The fraction of sp³-hybridized carbons (Fsp3) is 0.105. The number of hydrogen-bond donors (Lipinski definition) is 1. The lowest BCUT2D eigenvalue weighted by Crippen LogP contribution is -2.31. The predicted molar refractivity (Wildman–Crippen MR) is 119 cm³/mol. The molecule has 1 aliphatic heterocycles. The molecular weight excluding hydrogens is 498 g/mol. The molecule has 0 bridgehead atoms. The van der Waals surface area contributed by atoms with Crippen molar-refractivity contribution in [3.63, 3.8) is 0 Å². The highest BCUT2D eigenvalue weighted by atomic mass is 127. The van der Waals surface area contributed by atoms with Crippen molar-refractivity contribution in [2.75, 3.05) is 11.9 Å². The van der Waals surface area contributed by atoms with E-state index in [4.69, 9.17) is 12.2 Å². The van der Waals surface area contributed by atoms with Gasteiger partial charge in [0, 0.05) is 27.8 Å². The number of carbonyl (C=O) groups is 2. The Kier molecular flexibility index (Phi) is 6.61. The van der Waals surface area contributed by atoms with Gasteiger partial charge < -0.3 is 5.32 Å². The van der Waals surface area contributed by atoms with E-state index in [0.29, 0.717) is 20.5 Å². The minimum absolute atomic E-state index is 0.116. The fourth-order valence-corrected chi connectivity index (χ4v) is 4.06. The molecule has 0 aromatic heterocycles. The minimum atomic E-state index is -0.403. The summed E-state index contributed by atoms with van der Waals surface area (Å²) in [4.78, 5) is 26.4.